The van der Waals surface area contributed by atoms with Crippen LogP contribution in [-0.4, -0.2) is 45.6 Å². The molecule has 6 heterocycles. The molecule has 3 aliphatic rings. The van der Waals surface area contributed by atoms with Gasteiger partial charge in [-0.05, 0) is 37.9 Å². The van der Waals surface area contributed by atoms with Crippen LogP contribution < -0.4 is 4.74 Å². The Morgan fingerprint density at radius 1 is 1.28 bits per heavy atom. The number of hydrogen-bond donors (Lipinski definition) is 1. The highest BCUT2D eigenvalue weighted by atomic mass is 19.1. The number of aromatic amines is 1. The fourth-order valence-electron chi connectivity index (χ4n) is 4.10. The van der Waals surface area contributed by atoms with Crippen molar-refractivity contribution in [3.63, 3.8) is 0 Å². The maximum Gasteiger partial charge on any atom is 0.183 e. The molecule has 0 unspecified atom stereocenters. The number of nitrogens with zero attached hydrogens (tertiary/aromatic N) is 4. The quantitative estimate of drug-likeness (QED) is 0.778. The molecule has 6 rings (SSSR count). The SMILES string of the molecule is N#Cc1ncc2[nH]c3ncc(F)cc3c2c1O[C@@H]1CN2CCC1CC2. The summed E-state index contributed by atoms with van der Waals surface area (Å²) in [6, 6.07) is 3.54. The highest BCUT2D eigenvalue weighted by Crippen LogP contribution is 2.38. The molecule has 1 N–H and O–H groups in total. The van der Waals surface area contributed by atoms with Crippen LogP contribution in [0, 0.1) is 23.1 Å². The lowest BCUT2D eigenvalue weighted by Gasteiger charge is -2.44. The van der Waals surface area contributed by atoms with Gasteiger partial charge in [0, 0.05) is 11.9 Å². The van der Waals surface area contributed by atoms with Gasteiger partial charge in [0.05, 0.1) is 23.3 Å². The van der Waals surface area contributed by atoms with Gasteiger partial charge in [-0.1, -0.05) is 0 Å². The molecule has 3 fully saturated rings. The van der Waals surface area contributed by atoms with Crippen LogP contribution in [0.15, 0.2) is 18.5 Å². The van der Waals surface area contributed by atoms with E-state index in [4.69, 9.17) is 4.74 Å². The minimum absolute atomic E-state index is 0.0356. The molecule has 6 nitrogen and oxygen atoms in total. The molecular formula is C18H16FN5O. The van der Waals surface area contributed by atoms with E-state index in [0.717, 1.165) is 32.5 Å². The summed E-state index contributed by atoms with van der Waals surface area (Å²) in [5.74, 6) is 0.516. The number of nitrogens with one attached hydrogen (secondary N) is 1. The first-order valence-corrected chi connectivity index (χ1v) is 8.48. The van der Waals surface area contributed by atoms with Crippen molar-refractivity contribution in [1.82, 2.24) is 19.9 Å². The van der Waals surface area contributed by atoms with Gasteiger partial charge in [0.25, 0.3) is 0 Å². The van der Waals surface area contributed by atoms with E-state index in [0.29, 0.717) is 33.6 Å². The minimum atomic E-state index is -0.419. The first kappa shape index (κ1) is 14.6. The zero-order chi connectivity index (χ0) is 17.0. The van der Waals surface area contributed by atoms with Crippen LogP contribution in [0.25, 0.3) is 21.9 Å². The number of aromatic nitrogens is 3. The third-order valence-electron chi connectivity index (χ3n) is 5.38. The van der Waals surface area contributed by atoms with Gasteiger partial charge < -0.3 is 9.72 Å². The number of hydrogen-bond acceptors (Lipinski definition) is 5. The lowest BCUT2D eigenvalue weighted by molar-refractivity contribution is -0.00727. The van der Waals surface area contributed by atoms with Crippen molar-refractivity contribution in [3.05, 3.63) is 30.0 Å². The third-order valence-corrected chi connectivity index (χ3v) is 5.38. The van der Waals surface area contributed by atoms with Gasteiger partial charge in [0.1, 0.15) is 23.6 Å². The summed E-state index contributed by atoms with van der Waals surface area (Å²) in [6.45, 7) is 3.08. The van der Waals surface area contributed by atoms with Crippen molar-refractivity contribution in [2.75, 3.05) is 19.6 Å². The Labute approximate surface area is 143 Å². The molecule has 1 atom stereocenters. The smallest absolute Gasteiger partial charge is 0.183 e. The Hall–Kier alpha value is -2.72. The summed E-state index contributed by atoms with van der Waals surface area (Å²) in [6.07, 6.45) is 5.01. The average molecular weight is 337 g/mol. The monoisotopic (exact) mass is 337 g/mol. The summed E-state index contributed by atoms with van der Waals surface area (Å²) in [5.41, 5.74) is 1.49. The topological polar surface area (TPSA) is 77.8 Å². The second-order valence-electron chi connectivity index (χ2n) is 6.81. The molecule has 0 aromatic carbocycles. The molecule has 0 aliphatic carbocycles. The standard InChI is InChI=1S/C18H16FN5O/c19-11-5-12-16-14(23-18(12)22-7-11)8-21-13(6-20)17(16)25-15-9-24-3-1-10(15)2-4-24/h5,7-8,10,15H,1-4,9H2,(H,22,23)/t15-/m1/s1. The van der Waals surface area contributed by atoms with E-state index in [1.54, 1.807) is 6.20 Å². The zero-order valence-electron chi connectivity index (χ0n) is 13.5. The second kappa shape index (κ2) is 5.39. The van der Waals surface area contributed by atoms with Gasteiger partial charge in [-0.2, -0.15) is 5.26 Å². The maximum atomic E-state index is 13.7. The summed E-state index contributed by atoms with van der Waals surface area (Å²) in [5, 5.41) is 10.8. The molecule has 126 valence electrons. The van der Waals surface area contributed by atoms with Crippen LogP contribution in [0.3, 0.4) is 0 Å². The second-order valence-corrected chi connectivity index (χ2v) is 6.81. The predicted octanol–water partition coefficient (Wildman–Crippen LogP) is 2.59. The third kappa shape index (κ3) is 2.25. The van der Waals surface area contributed by atoms with Gasteiger partial charge in [0.15, 0.2) is 11.4 Å². The van der Waals surface area contributed by atoms with Crippen molar-refractivity contribution in [2.24, 2.45) is 5.92 Å². The van der Waals surface area contributed by atoms with E-state index in [2.05, 4.69) is 25.9 Å². The Morgan fingerprint density at radius 3 is 2.84 bits per heavy atom. The Balaban J connectivity index is 1.68. The summed E-state index contributed by atoms with van der Waals surface area (Å²) < 4.78 is 20.1. The van der Waals surface area contributed by atoms with Crippen molar-refractivity contribution < 1.29 is 9.13 Å². The molecule has 2 bridgehead atoms. The van der Waals surface area contributed by atoms with Crippen molar-refractivity contribution >= 4 is 21.9 Å². The Kier molecular flexibility index (Phi) is 3.15. The van der Waals surface area contributed by atoms with E-state index >= 15 is 0 Å². The molecule has 3 aromatic rings. The first-order valence-electron chi connectivity index (χ1n) is 8.48. The van der Waals surface area contributed by atoms with Crippen molar-refractivity contribution in [2.45, 2.75) is 18.9 Å². The van der Waals surface area contributed by atoms with Crippen molar-refractivity contribution in [1.29, 1.82) is 5.26 Å². The van der Waals surface area contributed by atoms with Crippen LogP contribution >= 0.6 is 0 Å². The molecular weight excluding hydrogens is 321 g/mol. The number of halogens is 1. The first-order chi connectivity index (χ1) is 12.2. The van der Waals surface area contributed by atoms with E-state index in [1.807, 2.05) is 0 Å². The number of fused-ring (bicyclic) bond motifs is 6. The minimum Gasteiger partial charge on any atom is -0.485 e. The average Bonchev–Trinajstić information content (AvgIpc) is 3.01. The summed E-state index contributed by atoms with van der Waals surface area (Å²) in [4.78, 5) is 13.8. The lowest BCUT2D eigenvalue weighted by Crippen LogP contribution is -2.52. The molecule has 0 amide bonds. The number of pyridine rings is 2. The van der Waals surface area contributed by atoms with Gasteiger partial charge >= 0.3 is 0 Å². The predicted molar refractivity (Wildman–Crippen MR) is 89.6 cm³/mol. The van der Waals surface area contributed by atoms with Gasteiger partial charge in [0.2, 0.25) is 0 Å². The Bertz CT molecular complexity index is 1020. The molecule has 25 heavy (non-hydrogen) atoms. The van der Waals surface area contributed by atoms with Crippen LogP contribution in [0.5, 0.6) is 5.75 Å². The molecule has 3 aromatic heterocycles. The van der Waals surface area contributed by atoms with E-state index < -0.39 is 5.82 Å². The van der Waals surface area contributed by atoms with Crippen LogP contribution in [0.1, 0.15) is 18.5 Å². The maximum absolute atomic E-state index is 13.7. The van der Waals surface area contributed by atoms with Gasteiger partial charge in [-0.15, -0.1) is 0 Å². The number of nitriles is 1. The Morgan fingerprint density at radius 2 is 2.12 bits per heavy atom. The largest absolute Gasteiger partial charge is 0.485 e. The fourth-order valence-corrected chi connectivity index (χ4v) is 4.10. The van der Waals surface area contributed by atoms with Gasteiger partial charge in [-0.3, -0.25) is 4.90 Å². The summed E-state index contributed by atoms with van der Waals surface area (Å²) in [7, 11) is 0. The van der Waals surface area contributed by atoms with E-state index in [-0.39, 0.29) is 11.8 Å². The van der Waals surface area contributed by atoms with Crippen LogP contribution in [0.2, 0.25) is 0 Å². The van der Waals surface area contributed by atoms with Gasteiger partial charge in [-0.25, -0.2) is 14.4 Å². The molecule has 0 radical (unpaired) electrons. The lowest BCUT2D eigenvalue weighted by atomic mass is 9.86. The van der Waals surface area contributed by atoms with Crippen LogP contribution in [0.4, 0.5) is 4.39 Å². The number of H-pyrrole nitrogens is 1. The molecule has 0 saturated carbocycles. The molecule has 7 heteroatoms. The normalized spacial score (nSPS) is 25.4. The van der Waals surface area contributed by atoms with E-state index in [1.165, 1.54) is 12.3 Å². The van der Waals surface area contributed by atoms with E-state index in [9.17, 15) is 9.65 Å². The molecule has 3 aliphatic heterocycles. The highest BCUT2D eigenvalue weighted by molar-refractivity contribution is 6.09. The number of rotatable bonds is 2. The summed E-state index contributed by atoms with van der Waals surface area (Å²) >= 11 is 0. The number of piperidine rings is 3. The number of ether oxygens (including phenoxy) is 1. The zero-order valence-corrected chi connectivity index (χ0v) is 13.5. The van der Waals surface area contributed by atoms with Crippen molar-refractivity contribution in [3.8, 4) is 11.8 Å². The molecule has 3 saturated heterocycles. The molecule has 0 spiro atoms. The highest BCUT2D eigenvalue weighted by Gasteiger charge is 2.36. The fraction of sp³-hybridized carbons (Fsp3) is 0.389. The van der Waals surface area contributed by atoms with Crippen LogP contribution in [-0.2, 0) is 0 Å².